The topological polar surface area (TPSA) is 69.4 Å². The minimum Gasteiger partial charge on any atom is -0.480 e. The van der Waals surface area contributed by atoms with Gasteiger partial charge in [0.25, 0.3) is 0 Å². The van der Waals surface area contributed by atoms with E-state index in [9.17, 15) is 19.3 Å². The molecule has 0 amide bonds. The van der Waals surface area contributed by atoms with E-state index in [0.717, 1.165) is 38.2 Å². The smallest absolute Gasteiger partial charge is 0.314 e. The van der Waals surface area contributed by atoms with Crippen molar-refractivity contribution in [2.24, 2.45) is 5.41 Å². The summed E-state index contributed by atoms with van der Waals surface area (Å²) in [6, 6.07) is 3.63. The number of ether oxygens (including phenoxy) is 1. The quantitative estimate of drug-likeness (QED) is 0.632. The van der Waals surface area contributed by atoms with Crippen LogP contribution in [0.25, 0.3) is 0 Å². The van der Waals surface area contributed by atoms with E-state index in [1.807, 2.05) is 0 Å². The summed E-state index contributed by atoms with van der Waals surface area (Å²) in [5.74, 6) is -0.953. The lowest BCUT2D eigenvalue weighted by molar-refractivity contribution is -0.386. The Morgan fingerprint density at radius 1 is 1.29 bits per heavy atom. The first-order valence-corrected chi connectivity index (χ1v) is 7.17. The van der Waals surface area contributed by atoms with Crippen molar-refractivity contribution in [1.29, 1.82) is 0 Å². The molecule has 0 saturated heterocycles. The number of nitrogens with zero attached hydrogens (tertiary/aromatic N) is 1. The van der Waals surface area contributed by atoms with Crippen LogP contribution in [0.2, 0.25) is 0 Å². The highest BCUT2D eigenvalue weighted by Gasteiger charge is 2.56. The number of para-hydroxylation sites is 1. The molecule has 2 aliphatic carbocycles. The van der Waals surface area contributed by atoms with Crippen molar-refractivity contribution in [2.45, 2.75) is 44.6 Å². The minimum atomic E-state index is -0.755. The van der Waals surface area contributed by atoms with Gasteiger partial charge in [0.05, 0.1) is 10.3 Å². The molecule has 1 spiro atoms. The number of benzene rings is 1. The van der Waals surface area contributed by atoms with Crippen molar-refractivity contribution < 1.29 is 18.8 Å². The summed E-state index contributed by atoms with van der Waals surface area (Å²) in [7, 11) is 0. The number of carbonyl (C=O) groups is 1. The third-order valence-electron chi connectivity index (χ3n) is 4.69. The summed E-state index contributed by atoms with van der Waals surface area (Å²) in [4.78, 5) is 22.3. The first-order valence-electron chi connectivity index (χ1n) is 7.17. The number of Topliss-reactive ketones (excluding diaryl/α,β-unsaturated/α-hetero) is 1. The van der Waals surface area contributed by atoms with Gasteiger partial charge in [-0.1, -0.05) is 25.3 Å². The van der Waals surface area contributed by atoms with Gasteiger partial charge >= 0.3 is 5.69 Å². The van der Waals surface area contributed by atoms with Gasteiger partial charge in [-0.15, -0.1) is 0 Å². The van der Waals surface area contributed by atoms with E-state index in [1.165, 1.54) is 12.1 Å². The highest BCUT2D eigenvalue weighted by Crippen LogP contribution is 2.51. The van der Waals surface area contributed by atoms with Gasteiger partial charge in [0.15, 0.2) is 5.82 Å². The monoisotopic (exact) mass is 293 g/mol. The molecular formula is C15H16FNO4. The summed E-state index contributed by atoms with van der Waals surface area (Å²) in [6.07, 6.45) is 4.22. The van der Waals surface area contributed by atoms with Crippen LogP contribution in [-0.2, 0) is 4.79 Å². The van der Waals surface area contributed by atoms with E-state index in [2.05, 4.69) is 0 Å². The number of carbonyl (C=O) groups excluding carboxylic acids is 1. The maximum Gasteiger partial charge on any atom is 0.314 e. The van der Waals surface area contributed by atoms with Gasteiger partial charge in [0.2, 0.25) is 5.75 Å². The standard InChI is InChI=1S/C15H16FNO4/c16-10-5-4-6-11(17(19)20)14(10)21-13-9-12(18)15(13)7-2-1-3-8-15/h4-6,13H,1-3,7-9H2. The second kappa shape index (κ2) is 5.09. The number of rotatable bonds is 3. The first-order chi connectivity index (χ1) is 10.0. The van der Waals surface area contributed by atoms with Crippen molar-refractivity contribution in [3.8, 4) is 5.75 Å². The molecule has 0 aromatic heterocycles. The van der Waals surface area contributed by atoms with Crippen LogP contribution >= 0.6 is 0 Å². The molecule has 1 aromatic rings. The lowest BCUT2D eigenvalue weighted by Crippen LogP contribution is -2.57. The molecular weight excluding hydrogens is 277 g/mol. The Balaban J connectivity index is 1.87. The van der Waals surface area contributed by atoms with Crippen molar-refractivity contribution in [3.05, 3.63) is 34.1 Å². The van der Waals surface area contributed by atoms with Crippen LogP contribution in [0.4, 0.5) is 10.1 Å². The molecule has 1 aromatic carbocycles. The Bertz CT molecular complexity index is 595. The van der Waals surface area contributed by atoms with E-state index in [1.54, 1.807) is 0 Å². The van der Waals surface area contributed by atoms with Crippen molar-refractivity contribution in [1.82, 2.24) is 0 Å². The molecule has 21 heavy (non-hydrogen) atoms. The fraction of sp³-hybridized carbons (Fsp3) is 0.533. The van der Waals surface area contributed by atoms with Crippen LogP contribution in [0.1, 0.15) is 38.5 Å². The number of ketones is 1. The molecule has 3 rings (SSSR count). The molecule has 0 N–H and O–H groups in total. The number of hydrogen-bond acceptors (Lipinski definition) is 4. The highest BCUT2D eigenvalue weighted by molar-refractivity contribution is 5.92. The molecule has 2 fully saturated rings. The number of halogens is 1. The van der Waals surface area contributed by atoms with Gasteiger partial charge in [0.1, 0.15) is 11.9 Å². The SMILES string of the molecule is O=C1CC(Oc2c(F)cccc2[N+](=O)[O-])C12CCCCC2. The molecule has 0 heterocycles. The third kappa shape index (κ3) is 2.18. The molecule has 0 radical (unpaired) electrons. The molecule has 6 heteroatoms. The Kier molecular flexibility index (Phi) is 3.39. The van der Waals surface area contributed by atoms with Crippen LogP contribution in [0.15, 0.2) is 18.2 Å². The Labute approximate surface area is 121 Å². The zero-order chi connectivity index (χ0) is 15.0. The highest BCUT2D eigenvalue weighted by atomic mass is 19.1. The Morgan fingerprint density at radius 2 is 2.00 bits per heavy atom. The average molecular weight is 293 g/mol. The number of nitro benzene ring substituents is 1. The molecule has 5 nitrogen and oxygen atoms in total. The number of nitro groups is 1. The maximum atomic E-state index is 13.9. The number of hydrogen-bond donors (Lipinski definition) is 0. The van der Waals surface area contributed by atoms with Gasteiger partial charge in [-0.05, 0) is 18.9 Å². The summed E-state index contributed by atoms with van der Waals surface area (Å²) < 4.78 is 19.5. The van der Waals surface area contributed by atoms with Gasteiger partial charge in [0, 0.05) is 12.5 Å². The largest absolute Gasteiger partial charge is 0.480 e. The van der Waals surface area contributed by atoms with Gasteiger partial charge in [-0.3, -0.25) is 14.9 Å². The second-order valence-electron chi connectivity index (χ2n) is 5.80. The summed E-state index contributed by atoms with van der Waals surface area (Å²) in [5, 5.41) is 11.0. The molecule has 0 bridgehead atoms. The second-order valence-corrected chi connectivity index (χ2v) is 5.80. The summed E-state index contributed by atoms with van der Waals surface area (Å²) in [5.41, 5.74) is -0.936. The fourth-order valence-electron chi connectivity index (χ4n) is 3.45. The van der Waals surface area contributed by atoms with E-state index >= 15 is 0 Å². The van der Waals surface area contributed by atoms with Crippen molar-refractivity contribution >= 4 is 11.5 Å². The predicted octanol–water partition coefficient (Wildman–Crippen LogP) is 3.40. The van der Waals surface area contributed by atoms with E-state index in [4.69, 9.17) is 4.74 Å². The zero-order valence-electron chi connectivity index (χ0n) is 11.5. The normalized spacial score (nSPS) is 23.7. The Morgan fingerprint density at radius 3 is 2.62 bits per heavy atom. The van der Waals surface area contributed by atoms with Crippen molar-refractivity contribution in [2.75, 3.05) is 0 Å². The molecule has 1 atom stereocenters. The first kappa shape index (κ1) is 14.0. The third-order valence-corrected chi connectivity index (χ3v) is 4.69. The van der Waals surface area contributed by atoms with Gasteiger partial charge < -0.3 is 4.74 Å². The molecule has 1 unspecified atom stereocenters. The lowest BCUT2D eigenvalue weighted by Gasteiger charge is -2.49. The van der Waals surface area contributed by atoms with Crippen LogP contribution in [0, 0.1) is 21.3 Å². The molecule has 2 aliphatic rings. The predicted molar refractivity (Wildman–Crippen MR) is 72.6 cm³/mol. The minimum absolute atomic E-state index is 0.145. The Hall–Kier alpha value is -1.98. The summed E-state index contributed by atoms with van der Waals surface area (Å²) in [6.45, 7) is 0. The van der Waals surface area contributed by atoms with Crippen LogP contribution in [0.3, 0.4) is 0 Å². The maximum absolute atomic E-state index is 13.9. The van der Waals surface area contributed by atoms with E-state index in [0.29, 0.717) is 0 Å². The van der Waals surface area contributed by atoms with E-state index < -0.39 is 22.3 Å². The fourth-order valence-corrected chi connectivity index (χ4v) is 3.45. The molecule has 2 saturated carbocycles. The molecule has 112 valence electrons. The average Bonchev–Trinajstić information content (AvgIpc) is 2.49. The van der Waals surface area contributed by atoms with Crippen LogP contribution < -0.4 is 4.74 Å². The van der Waals surface area contributed by atoms with Crippen molar-refractivity contribution in [3.63, 3.8) is 0 Å². The van der Waals surface area contributed by atoms with Gasteiger partial charge in [-0.2, -0.15) is 0 Å². The van der Waals surface area contributed by atoms with E-state index in [-0.39, 0.29) is 23.6 Å². The van der Waals surface area contributed by atoms with Crippen LogP contribution in [-0.4, -0.2) is 16.8 Å². The molecule has 0 aliphatic heterocycles. The lowest BCUT2D eigenvalue weighted by atomic mass is 9.57. The zero-order valence-corrected chi connectivity index (χ0v) is 11.5. The van der Waals surface area contributed by atoms with Gasteiger partial charge in [-0.25, -0.2) is 4.39 Å². The van der Waals surface area contributed by atoms with Crippen LogP contribution in [0.5, 0.6) is 5.75 Å². The summed E-state index contributed by atoms with van der Waals surface area (Å²) >= 11 is 0.